The van der Waals surface area contributed by atoms with Crippen LogP contribution in [0, 0.1) is 0 Å². The molecule has 0 bridgehead atoms. The van der Waals surface area contributed by atoms with E-state index in [9.17, 15) is 0 Å². The summed E-state index contributed by atoms with van der Waals surface area (Å²) in [6.07, 6.45) is 0. The Morgan fingerprint density at radius 3 is 1.76 bits per heavy atom. The molecule has 13 aromatic rings. The topological polar surface area (TPSA) is 21.3 Å². The first-order valence-corrected chi connectivity index (χ1v) is 24.1. The predicted octanol–water partition coefficient (Wildman–Crippen LogP) is 17.8. The standard InChI is InChI=1S/C67H44N2O/c1-4-21-48(22-5-1)67(49-23-6-2-7-24-49)60-31-14-10-28-54(60)55-39-36-52(44-61(55)67)68(50-25-8-3-9-26-50)62-32-15-11-27-53(62)47-20-18-19-45(41-47)46-35-38-57-56-29-12-16-33-63(56)69(64(57)42-46)51-37-40-66-59(43-51)58-30-13-17-34-65(58)70-66/h1-44H. The number of rotatable bonds is 8. The van der Waals surface area contributed by atoms with Crippen molar-refractivity contribution in [3.05, 3.63) is 289 Å². The Labute approximate surface area is 406 Å². The number of fused-ring (bicyclic) bond motifs is 9. The van der Waals surface area contributed by atoms with Gasteiger partial charge in [0.25, 0.3) is 0 Å². The van der Waals surface area contributed by atoms with Crippen LogP contribution in [0.5, 0.6) is 0 Å². The van der Waals surface area contributed by atoms with Crippen molar-refractivity contribution in [2.75, 3.05) is 4.90 Å². The van der Waals surface area contributed by atoms with Gasteiger partial charge in [0.1, 0.15) is 11.2 Å². The van der Waals surface area contributed by atoms with Crippen LogP contribution < -0.4 is 4.90 Å². The zero-order valence-corrected chi connectivity index (χ0v) is 38.2. The van der Waals surface area contributed by atoms with Gasteiger partial charge in [-0.25, -0.2) is 0 Å². The molecular weight excluding hydrogens is 849 g/mol. The first-order valence-electron chi connectivity index (χ1n) is 24.1. The van der Waals surface area contributed by atoms with Gasteiger partial charge in [0.2, 0.25) is 0 Å². The van der Waals surface area contributed by atoms with Crippen molar-refractivity contribution in [1.82, 2.24) is 4.57 Å². The molecule has 11 aromatic carbocycles. The van der Waals surface area contributed by atoms with E-state index in [4.69, 9.17) is 4.42 Å². The molecule has 0 radical (unpaired) electrons. The molecule has 0 saturated carbocycles. The molecule has 2 aromatic heterocycles. The molecule has 328 valence electrons. The van der Waals surface area contributed by atoms with Gasteiger partial charge >= 0.3 is 0 Å². The summed E-state index contributed by atoms with van der Waals surface area (Å²) in [6.45, 7) is 0. The van der Waals surface area contributed by atoms with Gasteiger partial charge in [0, 0.05) is 44.2 Å². The highest BCUT2D eigenvalue weighted by atomic mass is 16.3. The lowest BCUT2D eigenvalue weighted by atomic mass is 9.67. The summed E-state index contributed by atoms with van der Waals surface area (Å²) in [5.41, 5.74) is 20.2. The quantitative estimate of drug-likeness (QED) is 0.152. The fraction of sp³-hybridized carbons (Fsp3) is 0.0149. The molecule has 0 fully saturated rings. The van der Waals surface area contributed by atoms with Gasteiger partial charge in [-0.1, -0.05) is 194 Å². The van der Waals surface area contributed by atoms with E-state index >= 15 is 0 Å². The number of nitrogens with zero attached hydrogens (tertiary/aromatic N) is 2. The Hall–Kier alpha value is -9.18. The Morgan fingerprint density at radius 1 is 0.329 bits per heavy atom. The molecule has 0 unspecified atom stereocenters. The van der Waals surface area contributed by atoms with E-state index in [0.29, 0.717) is 0 Å². The van der Waals surface area contributed by atoms with Crippen LogP contribution in [-0.4, -0.2) is 4.57 Å². The van der Waals surface area contributed by atoms with Gasteiger partial charge in [-0.15, -0.1) is 0 Å². The molecular formula is C67H44N2O. The number of hydrogen-bond donors (Lipinski definition) is 0. The van der Waals surface area contributed by atoms with Crippen molar-refractivity contribution in [3.63, 3.8) is 0 Å². The van der Waals surface area contributed by atoms with Crippen LogP contribution in [0.4, 0.5) is 17.1 Å². The van der Waals surface area contributed by atoms with Gasteiger partial charge in [-0.3, -0.25) is 0 Å². The highest BCUT2D eigenvalue weighted by Gasteiger charge is 2.46. The summed E-state index contributed by atoms with van der Waals surface area (Å²) < 4.78 is 8.66. The highest BCUT2D eigenvalue weighted by molar-refractivity contribution is 6.11. The van der Waals surface area contributed by atoms with Crippen LogP contribution in [0.15, 0.2) is 271 Å². The van der Waals surface area contributed by atoms with E-state index in [-0.39, 0.29) is 0 Å². The fourth-order valence-electron chi connectivity index (χ4n) is 11.6. The third-order valence-electron chi connectivity index (χ3n) is 14.7. The summed E-state index contributed by atoms with van der Waals surface area (Å²) in [5, 5.41) is 4.68. The van der Waals surface area contributed by atoms with Gasteiger partial charge in [-0.2, -0.15) is 0 Å². The first kappa shape index (κ1) is 39.9. The Morgan fingerprint density at radius 2 is 0.943 bits per heavy atom. The molecule has 0 atom stereocenters. The van der Waals surface area contributed by atoms with Gasteiger partial charge in [0.05, 0.1) is 22.1 Å². The van der Waals surface area contributed by atoms with E-state index in [1.54, 1.807) is 0 Å². The van der Waals surface area contributed by atoms with E-state index in [1.807, 2.05) is 12.1 Å². The third-order valence-corrected chi connectivity index (χ3v) is 14.7. The molecule has 14 rings (SSSR count). The van der Waals surface area contributed by atoms with Crippen molar-refractivity contribution >= 4 is 60.8 Å². The minimum absolute atomic E-state index is 0.520. The van der Waals surface area contributed by atoms with Crippen LogP contribution in [0.2, 0.25) is 0 Å². The second kappa shape index (κ2) is 16.0. The van der Waals surface area contributed by atoms with Crippen molar-refractivity contribution in [2.24, 2.45) is 0 Å². The summed E-state index contributed by atoms with van der Waals surface area (Å²) >= 11 is 0. The smallest absolute Gasteiger partial charge is 0.135 e. The van der Waals surface area contributed by atoms with Crippen LogP contribution in [-0.2, 0) is 5.41 Å². The van der Waals surface area contributed by atoms with Gasteiger partial charge < -0.3 is 13.9 Å². The fourth-order valence-corrected chi connectivity index (χ4v) is 11.6. The maximum Gasteiger partial charge on any atom is 0.135 e. The normalized spacial score (nSPS) is 12.7. The largest absolute Gasteiger partial charge is 0.456 e. The van der Waals surface area contributed by atoms with Crippen molar-refractivity contribution in [2.45, 2.75) is 5.41 Å². The molecule has 2 heterocycles. The van der Waals surface area contributed by atoms with E-state index in [1.165, 1.54) is 49.7 Å². The average molecular weight is 893 g/mol. The van der Waals surface area contributed by atoms with Crippen molar-refractivity contribution in [3.8, 4) is 39.1 Å². The number of para-hydroxylation sites is 4. The molecule has 1 aliphatic rings. The first-order chi connectivity index (χ1) is 34.7. The lowest BCUT2D eigenvalue weighted by Crippen LogP contribution is -2.28. The van der Waals surface area contributed by atoms with Crippen LogP contribution in [0.3, 0.4) is 0 Å². The average Bonchev–Trinajstić information content (AvgIpc) is 4.08. The number of hydrogen-bond acceptors (Lipinski definition) is 2. The zero-order valence-electron chi connectivity index (χ0n) is 38.2. The second-order valence-electron chi connectivity index (χ2n) is 18.4. The summed E-state index contributed by atoms with van der Waals surface area (Å²) in [5.74, 6) is 0. The van der Waals surface area contributed by atoms with E-state index in [0.717, 1.165) is 72.5 Å². The number of benzene rings is 11. The summed E-state index contributed by atoms with van der Waals surface area (Å²) in [7, 11) is 0. The van der Waals surface area contributed by atoms with Crippen LogP contribution in [0.25, 0.3) is 82.8 Å². The van der Waals surface area contributed by atoms with Crippen molar-refractivity contribution in [1.29, 1.82) is 0 Å². The minimum Gasteiger partial charge on any atom is -0.456 e. The molecule has 0 aliphatic heterocycles. The molecule has 0 saturated heterocycles. The van der Waals surface area contributed by atoms with Crippen LogP contribution in [0.1, 0.15) is 22.3 Å². The Kier molecular flexibility index (Phi) is 9.11. The maximum atomic E-state index is 6.26. The Bertz CT molecular complexity index is 4090. The predicted molar refractivity (Wildman–Crippen MR) is 291 cm³/mol. The monoisotopic (exact) mass is 892 g/mol. The number of furan rings is 1. The molecule has 70 heavy (non-hydrogen) atoms. The molecule has 0 N–H and O–H groups in total. The lowest BCUT2D eigenvalue weighted by molar-refractivity contribution is 0.669. The van der Waals surface area contributed by atoms with Gasteiger partial charge in [0.15, 0.2) is 0 Å². The SMILES string of the molecule is c1ccc(N(c2ccc3c(c2)C(c2ccccc2)(c2ccccc2)c2ccccc2-3)c2ccccc2-c2cccc(-c3ccc4c5ccccc5n(-c5ccc6oc7ccccc7c6c5)c4c3)c2)cc1. The second-order valence-corrected chi connectivity index (χ2v) is 18.4. The summed E-state index contributed by atoms with van der Waals surface area (Å²) in [6, 6.07) is 97.4. The van der Waals surface area contributed by atoms with Gasteiger partial charge in [-0.05, 0) is 123 Å². The molecule has 1 aliphatic carbocycles. The van der Waals surface area contributed by atoms with E-state index in [2.05, 4.69) is 264 Å². The lowest BCUT2D eigenvalue weighted by Gasteiger charge is -2.35. The zero-order chi connectivity index (χ0) is 46.2. The molecule has 0 amide bonds. The highest BCUT2D eigenvalue weighted by Crippen LogP contribution is 2.57. The number of aromatic nitrogens is 1. The van der Waals surface area contributed by atoms with Crippen LogP contribution >= 0.6 is 0 Å². The van der Waals surface area contributed by atoms with E-state index < -0.39 is 5.41 Å². The Balaban J connectivity index is 0.923. The molecule has 3 heteroatoms. The maximum absolute atomic E-state index is 6.26. The molecule has 3 nitrogen and oxygen atoms in total. The van der Waals surface area contributed by atoms with Crippen molar-refractivity contribution < 1.29 is 4.42 Å². The molecule has 0 spiro atoms. The summed E-state index contributed by atoms with van der Waals surface area (Å²) in [4.78, 5) is 2.44. The third kappa shape index (κ3) is 6.08. The minimum atomic E-state index is -0.520. The number of anilines is 3.